The molecule has 3 aromatic rings. The fraction of sp³-hybridized carbons (Fsp3) is 0.250. The molecule has 0 bridgehead atoms. The van der Waals surface area contributed by atoms with Gasteiger partial charge in [-0.15, -0.1) is 10.2 Å². The second kappa shape index (κ2) is 8.37. The molecule has 2 aromatic heterocycles. The van der Waals surface area contributed by atoms with E-state index in [0.717, 1.165) is 17.5 Å². The minimum atomic E-state index is -0.333. The fourth-order valence-electron chi connectivity index (χ4n) is 2.15. The molecule has 10 heteroatoms. The van der Waals surface area contributed by atoms with Crippen LogP contribution in [0.15, 0.2) is 40.0 Å². The van der Waals surface area contributed by atoms with Gasteiger partial charge in [-0.1, -0.05) is 11.8 Å². The molecule has 0 saturated heterocycles. The molecule has 0 aliphatic rings. The Hall–Kier alpha value is -2.33. The molecule has 0 saturated carbocycles. The number of anilines is 1. The van der Waals surface area contributed by atoms with Gasteiger partial charge in [-0.2, -0.15) is 16.9 Å². The van der Waals surface area contributed by atoms with Crippen LogP contribution in [0.1, 0.15) is 11.6 Å². The molecule has 1 N–H and O–H groups in total. The normalized spacial score (nSPS) is 10.9. The number of hydrogen-bond donors (Lipinski definition) is 1. The molecule has 0 radical (unpaired) electrons. The first-order valence-electron chi connectivity index (χ1n) is 7.61. The van der Waals surface area contributed by atoms with Gasteiger partial charge in [-0.3, -0.25) is 4.79 Å². The highest BCUT2D eigenvalue weighted by Crippen LogP contribution is 2.20. The van der Waals surface area contributed by atoms with Gasteiger partial charge in [0.05, 0.1) is 22.9 Å². The van der Waals surface area contributed by atoms with Crippen molar-refractivity contribution in [2.24, 2.45) is 0 Å². The standard InChI is InChI=1S/C16H16FN5O2S2/c1-10-7-13(22(21-10)12-5-3-11(17)4-6-12)18-14(23)8-26-16-20-19-15(24-16)9-25-2/h3-7H,8-9H2,1-2H3,(H,18,23). The molecule has 26 heavy (non-hydrogen) atoms. The second-order valence-corrected chi connectivity index (χ2v) is 7.08. The summed E-state index contributed by atoms with van der Waals surface area (Å²) in [5.74, 6) is 1.23. The Balaban J connectivity index is 1.64. The van der Waals surface area contributed by atoms with Gasteiger partial charge in [-0.05, 0) is 37.4 Å². The summed E-state index contributed by atoms with van der Waals surface area (Å²) in [6.45, 7) is 1.82. The van der Waals surface area contributed by atoms with E-state index in [1.54, 1.807) is 34.6 Å². The number of rotatable bonds is 7. The third kappa shape index (κ3) is 4.64. The number of carbonyl (C=O) groups is 1. The van der Waals surface area contributed by atoms with Crippen molar-refractivity contribution in [3.63, 3.8) is 0 Å². The van der Waals surface area contributed by atoms with Crippen LogP contribution in [0.3, 0.4) is 0 Å². The van der Waals surface area contributed by atoms with Crippen LogP contribution in [-0.2, 0) is 10.5 Å². The minimum absolute atomic E-state index is 0.120. The largest absolute Gasteiger partial charge is 0.415 e. The molecular formula is C16H16FN5O2S2. The van der Waals surface area contributed by atoms with E-state index in [0.29, 0.717) is 28.4 Å². The molecule has 0 aliphatic carbocycles. The quantitative estimate of drug-likeness (QED) is 0.616. The van der Waals surface area contributed by atoms with Gasteiger partial charge in [0.15, 0.2) is 0 Å². The van der Waals surface area contributed by atoms with Crippen molar-refractivity contribution >= 4 is 35.2 Å². The summed E-state index contributed by atoms with van der Waals surface area (Å²) in [4.78, 5) is 12.2. The van der Waals surface area contributed by atoms with Crippen LogP contribution in [0.25, 0.3) is 5.69 Å². The van der Waals surface area contributed by atoms with Gasteiger partial charge in [-0.25, -0.2) is 9.07 Å². The molecule has 0 aliphatic heterocycles. The van der Waals surface area contributed by atoms with E-state index in [9.17, 15) is 9.18 Å². The van der Waals surface area contributed by atoms with E-state index >= 15 is 0 Å². The van der Waals surface area contributed by atoms with E-state index in [1.807, 2.05) is 13.2 Å². The number of aromatic nitrogens is 4. The molecule has 136 valence electrons. The molecule has 1 aromatic carbocycles. The van der Waals surface area contributed by atoms with Crippen molar-refractivity contribution < 1.29 is 13.6 Å². The van der Waals surface area contributed by atoms with Gasteiger partial charge < -0.3 is 9.73 Å². The van der Waals surface area contributed by atoms with Crippen LogP contribution in [0.4, 0.5) is 10.2 Å². The predicted molar refractivity (Wildman–Crippen MR) is 99.1 cm³/mol. The first kappa shape index (κ1) is 18.5. The second-order valence-electron chi connectivity index (χ2n) is 5.29. The molecule has 0 spiro atoms. The first-order chi connectivity index (χ1) is 12.5. The van der Waals surface area contributed by atoms with Crippen molar-refractivity contribution in [2.75, 3.05) is 17.3 Å². The monoisotopic (exact) mass is 393 g/mol. The highest BCUT2D eigenvalue weighted by Gasteiger charge is 2.13. The van der Waals surface area contributed by atoms with Crippen LogP contribution < -0.4 is 5.32 Å². The molecule has 0 fully saturated rings. The average molecular weight is 393 g/mol. The SMILES string of the molecule is CSCc1nnc(SCC(=O)Nc2cc(C)nn2-c2ccc(F)cc2)o1. The lowest BCUT2D eigenvalue weighted by molar-refractivity contribution is -0.113. The Morgan fingerprint density at radius 2 is 2.08 bits per heavy atom. The number of amides is 1. The zero-order valence-corrected chi connectivity index (χ0v) is 15.7. The van der Waals surface area contributed by atoms with Gasteiger partial charge in [0.25, 0.3) is 5.22 Å². The minimum Gasteiger partial charge on any atom is -0.415 e. The lowest BCUT2D eigenvalue weighted by Crippen LogP contribution is -2.17. The van der Waals surface area contributed by atoms with Gasteiger partial charge >= 0.3 is 0 Å². The summed E-state index contributed by atoms with van der Waals surface area (Å²) in [6.07, 6.45) is 1.94. The smallest absolute Gasteiger partial charge is 0.277 e. The molecule has 0 atom stereocenters. The Labute approximate surface area is 157 Å². The van der Waals surface area contributed by atoms with Crippen LogP contribution in [0.5, 0.6) is 0 Å². The Morgan fingerprint density at radius 1 is 1.31 bits per heavy atom. The molecule has 7 nitrogen and oxygen atoms in total. The van der Waals surface area contributed by atoms with Gasteiger partial charge in [0.1, 0.15) is 11.6 Å². The predicted octanol–water partition coefficient (Wildman–Crippen LogP) is 3.30. The van der Waals surface area contributed by atoms with Crippen LogP contribution in [-0.4, -0.2) is 37.9 Å². The summed E-state index contributed by atoms with van der Waals surface area (Å²) in [5.41, 5.74) is 1.39. The van der Waals surface area contributed by atoms with Crippen molar-refractivity contribution in [3.8, 4) is 5.69 Å². The lowest BCUT2D eigenvalue weighted by Gasteiger charge is -2.08. The summed E-state index contributed by atoms with van der Waals surface area (Å²) in [7, 11) is 0. The number of benzene rings is 1. The summed E-state index contributed by atoms with van der Waals surface area (Å²) in [5, 5.41) is 15.3. The highest BCUT2D eigenvalue weighted by atomic mass is 32.2. The van der Waals surface area contributed by atoms with Crippen LogP contribution in [0, 0.1) is 12.7 Å². The van der Waals surface area contributed by atoms with Gasteiger partial charge in [0, 0.05) is 6.07 Å². The maximum Gasteiger partial charge on any atom is 0.277 e. The van der Waals surface area contributed by atoms with E-state index in [2.05, 4.69) is 20.6 Å². The fourth-order valence-corrected chi connectivity index (χ4v) is 3.10. The Morgan fingerprint density at radius 3 is 2.81 bits per heavy atom. The topological polar surface area (TPSA) is 85.8 Å². The molecular weight excluding hydrogens is 377 g/mol. The molecule has 3 rings (SSSR count). The number of nitrogens with one attached hydrogen (secondary N) is 1. The Bertz CT molecular complexity index is 894. The maximum atomic E-state index is 13.1. The summed E-state index contributed by atoms with van der Waals surface area (Å²) in [6, 6.07) is 7.62. The number of nitrogens with zero attached hydrogens (tertiary/aromatic N) is 4. The van der Waals surface area contributed by atoms with Crippen molar-refractivity contribution in [1.29, 1.82) is 0 Å². The van der Waals surface area contributed by atoms with E-state index in [4.69, 9.17) is 4.42 Å². The van der Waals surface area contributed by atoms with Gasteiger partial charge in [0.2, 0.25) is 11.8 Å². The Kier molecular flexibility index (Phi) is 5.94. The summed E-state index contributed by atoms with van der Waals surface area (Å²) >= 11 is 2.74. The highest BCUT2D eigenvalue weighted by molar-refractivity contribution is 7.99. The first-order valence-corrected chi connectivity index (χ1v) is 9.99. The molecule has 1 amide bonds. The average Bonchev–Trinajstić information content (AvgIpc) is 3.21. The number of halogens is 1. The number of thioether (sulfide) groups is 2. The van der Waals surface area contributed by atoms with E-state index in [-0.39, 0.29) is 17.5 Å². The van der Waals surface area contributed by atoms with Crippen LogP contribution >= 0.6 is 23.5 Å². The number of aryl methyl sites for hydroxylation is 1. The lowest BCUT2D eigenvalue weighted by atomic mass is 10.3. The van der Waals surface area contributed by atoms with E-state index in [1.165, 1.54) is 12.1 Å². The maximum absolute atomic E-state index is 13.1. The van der Waals surface area contributed by atoms with E-state index < -0.39 is 0 Å². The van der Waals surface area contributed by atoms with Crippen molar-refractivity contribution in [1.82, 2.24) is 20.0 Å². The molecule has 0 unspecified atom stereocenters. The molecule has 2 heterocycles. The third-order valence-electron chi connectivity index (χ3n) is 3.21. The van der Waals surface area contributed by atoms with Crippen LogP contribution in [0.2, 0.25) is 0 Å². The summed E-state index contributed by atoms with van der Waals surface area (Å²) < 4.78 is 20.1. The number of hydrogen-bond acceptors (Lipinski definition) is 7. The zero-order chi connectivity index (χ0) is 18.5. The van der Waals surface area contributed by atoms with Crippen molar-refractivity contribution in [2.45, 2.75) is 17.9 Å². The zero-order valence-electron chi connectivity index (χ0n) is 14.1. The van der Waals surface area contributed by atoms with Crippen molar-refractivity contribution in [3.05, 3.63) is 47.7 Å². The third-order valence-corrected chi connectivity index (χ3v) is 4.57. The number of carbonyl (C=O) groups excluding carboxylic acids is 1.